The molecule has 1 heterocycles. The number of hydrazine groups is 1. The van der Waals surface area contributed by atoms with E-state index in [1.54, 1.807) is 24.1 Å². The summed E-state index contributed by atoms with van der Waals surface area (Å²) in [7, 11) is 1.63. The van der Waals surface area contributed by atoms with E-state index in [1.165, 1.54) is 0 Å². The van der Waals surface area contributed by atoms with Crippen LogP contribution in [0.1, 0.15) is 29.9 Å². The van der Waals surface area contributed by atoms with Crippen molar-refractivity contribution < 1.29 is 9.53 Å². The smallest absolute Gasteiger partial charge is 0.254 e. The second-order valence-electron chi connectivity index (χ2n) is 4.42. The molecule has 106 valence electrons. The van der Waals surface area contributed by atoms with Gasteiger partial charge in [-0.25, -0.2) is 10.8 Å². The van der Waals surface area contributed by atoms with Gasteiger partial charge in [0.25, 0.3) is 5.91 Å². The van der Waals surface area contributed by atoms with E-state index in [1.807, 2.05) is 20.8 Å². The van der Waals surface area contributed by atoms with Gasteiger partial charge in [0.1, 0.15) is 5.82 Å². The van der Waals surface area contributed by atoms with E-state index >= 15 is 0 Å². The Hall–Kier alpha value is -1.66. The number of nitrogen functional groups attached to an aromatic ring is 1. The van der Waals surface area contributed by atoms with Crippen LogP contribution in [0, 0.1) is 6.92 Å². The number of hydrogen-bond acceptors (Lipinski definition) is 5. The van der Waals surface area contributed by atoms with Gasteiger partial charge in [-0.05, 0) is 32.9 Å². The standard InChI is InChI=1S/C13H22N4O2/c1-5-17(10(3)8-19-4)13(18)11-6-9(2)15-12(7-11)16-14/h6-7,10H,5,8,14H2,1-4H3,(H,15,16). The summed E-state index contributed by atoms with van der Waals surface area (Å²) in [6.45, 7) is 6.86. The number of anilines is 1. The summed E-state index contributed by atoms with van der Waals surface area (Å²) in [6.07, 6.45) is 0. The van der Waals surface area contributed by atoms with E-state index in [0.717, 1.165) is 5.69 Å². The lowest BCUT2D eigenvalue weighted by Gasteiger charge is -2.27. The molecule has 1 atom stereocenters. The molecule has 1 rings (SSSR count). The first-order valence-corrected chi connectivity index (χ1v) is 6.28. The number of hydrogen-bond donors (Lipinski definition) is 2. The first kappa shape index (κ1) is 15.4. The third-order valence-corrected chi connectivity index (χ3v) is 2.89. The van der Waals surface area contributed by atoms with Crippen molar-refractivity contribution in [3.05, 3.63) is 23.4 Å². The molecule has 1 aromatic rings. The third kappa shape index (κ3) is 3.90. The molecule has 1 unspecified atom stereocenters. The molecule has 6 nitrogen and oxygen atoms in total. The molecular formula is C13H22N4O2. The molecule has 0 spiro atoms. The Labute approximate surface area is 113 Å². The minimum absolute atomic E-state index is 0.0188. The minimum atomic E-state index is -0.0472. The van der Waals surface area contributed by atoms with E-state index in [4.69, 9.17) is 10.6 Å². The van der Waals surface area contributed by atoms with E-state index in [9.17, 15) is 4.79 Å². The van der Waals surface area contributed by atoms with Crippen molar-refractivity contribution in [2.75, 3.05) is 25.7 Å². The highest BCUT2D eigenvalue weighted by atomic mass is 16.5. The van der Waals surface area contributed by atoms with Crippen molar-refractivity contribution in [1.82, 2.24) is 9.88 Å². The molecule has 3 N–H and O–H groups in total. The topological polar surface area (TPSA) is 80.5 Å². The summed E-state index contributed by atoms with van der Waals surface area (Å²) in [6, 6.07) is 3.42. The van der Waals surface area contributed by atoms with Crippen molar-refractivity contribution in [1.29, 1.82) is 0 Å². The molecule has 0 saturated carbocycles. The van der Waals surface area contributed by atoms with Gasteiger partial charge in [0.15, 0.2) is 0 Å². The maximum atomic E-state index is 12.5. The number of aromatic nitrogens is 1. The monoisotopic (exact) mass is 266 g/mol. The maximum absolute atomic E-state index is 12.5. The predicted octanol–water partition coefficient (Wildman–Crippen LogP) is 1.17. The summed E-state index contributed by atoms with van der Waals surface area (Å²) in [5, 5.41) is 0. The maximum Gasteiger partial charge on any atom is 0.254 e. The molecule has 19 heavy (non-hydrogen) atoms. The molecule has 1 aromatic heterocycles. The van der Waals surface area contributed by atoms with Gasteiger partial charge in [0, 0.05) is 24.9 Å². The summed E-state index contributed by atoms with van der Waals surface area (Å²) in [5.41, 5.74) is 3.79. The highest BCUT2D eigenvalue weighted by Gasteiger charge is 2.20. The fraction of sp³-hybridized carbons (Fsp3) is 0.538. The van der Waals surface area contributed by atoms with E-state index in [0.29, 0.717) is 24.5 Å². The zero-order valence-electron chi connectivity index (χ0n) is 11.9. The molecule has 0 aliphatic heterocycles. The number of nitrogens with one attached hydrogen (secondary N) is 1. The Balaban J connectivity index is 3.00. The van der Waals surface area contributed by atoms with Gasteiger partial charge in [-0.1, -0.05) is 0 Å². The normalized spacial score (nSPS) is 12.1. The Morgan fingerprint density at radius 1 is 1.58 bits per heavy atom. The number of likely N-dealkylation sites (N-methyl/N-ethyl adjacent to an activating group) is 1. The quantitative estimate of drug-likeness (QED) is 0.597. The number of nitrogens with two attached hydrogens (primary N) is 1. The van der Waals surface area contributed by atoms with Crippen LogP contribution in [0.5, 0.6) is 0 Å². The van der Waals surface area contributed by atoms with Crippen LogP contribution < -0.4 is 11.3 Å². The van der Waals surface area contributed by atoms with Gasteiger partial charge in [0.05, 0.1) is 12.6 Å². The molecule has 6 heteroatoms. The number of carbonyl (C=O) groups excluding carboxylic acids is 1. The molecule has 0 bridgehead atoms. The third-order valence-electron chi connectivity index (χ3n) is 2.89. The molecular weight excluding hydrogens is 244 g/mol. The van der Waals surface area contributed by atoms with Crippen molar-refractivity contribution in [2.45, 2.75) is 26.8 Å². The molecule has 0 fully saturated rings. The highest BCUT2D eigenvalue weighted by molar-refractivity contribution is 5.95. The summed E-state index contributed by atoms with van der Waals surface area (Å²) in [5.74, 6) is 5.78. The Morgan fingerprint density at radius 3 is 2.79 bits per heavy atom. The molecule has 0 radical (unpaired) electrons. The predicted molar refractivity (Wildman–Crippen MR) is 74.8 cm³/mol. The van der Waals surface area contributed by atoms with Crippen molar-refractivity contribution in [3.63, 3.8) is 0 Å². The number of aryl methyl sites for hydroxylation is 1. The number of nitrogens with zero attached hydrogens (tertiary/aromatic N) is 2. The highest BCUT2D eigenvalue weighted by Crippen LogP contribution is 2.13. The second-order valence-corrected chi connectivity index (χ2v) is 4.42. The number of rotatable bonds is 6. The largest absolute Gasteiger partial charge is 0.383 e. The van der Waals surface area contributed by atoms with Crippen molar-refractivity contribution in [2.24, 2.45) is 5.84 Å². The first-order chi connectivity index (χ1) is 9.03. The average molecular weight is 266 g/mol. The van der Waals surface area contributed by atoms with E-state index in [-0.39, 0.29) is 11.9 Å². The van der Waals surface area contributed by atoms with E-state index in [2.05, 4.69) is 10.4 Å². The Bertz CT molecular complexity index is 437. The molecule has 0 aliphatic carbocycles. The lowest BCUT2D eigenvalue weighted by atomic mass is 10.1. The summed E-state index contributed by atoms with van der Waals surface area (Å²) >= 11 is 0. The zero-order chi connectivity index (χ0) is 14.4. The fourth-order valence-electron chi connectivity index (χ4n) is 2.02. The van der Waals surface area contributed by atoms with Gasteiger partial charge in [-0.2, -0.15) is 0 Å². The van der Waals surface area contributed by atoms with Gasteiger partial charge < -0.3 is 15.1 Å². The minimum Gasteiger partial charge on any atom is -0.383 e. The zero-order valence-corrected chi connectivity index (χ0v) is 11.9. The first-order valence-electron chi connectivity index (χ1n) is 6.28. The van der Waals surface area contributed by atoms with Gasteiger partial charge in [-0.3, -0.25) is 4.79 Å². The SMILES string of the molecule is CCN(C(=O)c1cc(C)nc(NN)c1)C(C)COC. The second kappa shape index (κ2) is 7.06. The Kier molecular flexibility index (Phi) is 5.72. The summed E-state index contributed by atoms with van der Waals surface area (Å²) in [4.78, 5) is 18.4. The van der Waals surface area contributed by atoms with Gasteiger partial charge in [-0.15, -0.1) is 0 Å². The fourth-order valence-corrected chi connectivity index (χ4v) is 2.02. The molecule has 0 aromatic carbocycles. The lowest BCUT2D eigenvalue weighted by molar-refractivity contribution is 0.0579. The average Bonchev–Trinajstić information content (AvgIpc) is 2.39. The van der Waals surface area contributed by atoms with Crippen LogP contribution in [0.15, 0.2) is 12.1 Å². The van der Waals surface area contributed by atoms with Crippen LogP contribution in [0.4, 0.5) is 5.82 Å². The lowest BCUT2D eigenvalue weighted by Crippen LogP contribution is -2.41. The Morgan fingerprint density at radius 2 is 2.26 bits per heavy atom. The van der Waals surface area contributed by atoms with Gasteiger partial charge in [0.2, 0.25) is 0 Å². The van der Waals surface area contributed by atoms with Crippen molar-refractivity contribution >= 4 is 11.7 Å². The number of amides is 1. The van der Waals surface area contributed by atoms with Crippen molar-refractivity contribution in [3.8, 4) is 0 Å². The number of ether oxygens (including phenoxy) is 1. The molecule has 1 amide bonds. The van der Waals surface area contributed by atoms with Crippen LogP contribution in [0.25, 0.3) is 0 Å². The van der Waals surface area contributed by atoms with Crippen LogP contribution >= 0.6 is 0 Å². The number of pyridine rings is 1. The van der Waals surface area contributed by atoms with E-state index < -0.39 is 0 Å². The number of carbonyl (C=O) groups is 1. The van der Waals surface area contributed by atoms with Crippen LogP contribution in [0.3, 0.4) is 0 Å². The van der Waals surface area contributed by atoms with Crippen LogP contribution in [-0.2, 0) is 4.74 Å². The van der Waals surface area contributed by atoms with Crippen LogP contribution in [-0.4, -0.2) is 42.1 Å². The summed E-state index contributed by atoms with van der Waals surface area (Å²) < 4.78 is 5.10. The number of methoxy groups -OCH3 is 1. The molecule has 0 aliphatic rings. The molecule has 0 saturated heterocycles. The van der Waals surface area contributed by atoms with Crippen LogP contribution in [0.2, 0.25) is 0 Å². The van der Waals surface area contributed by atoms with Gasteiger partial charge >= 0.3 is 0 Å².